The van der Waals surface area contributed by atoms with Gasteiger partial charge in [-0.1, -0.05) is 41.9 Å². The Hall–Kier alpha value is -2.64. The first-order chi connectivity index (χ1) is 13.0. The highest BCUT2D eigenvalue weighted by Gasteiger charge is 2.34. The molecule has 3 amide bonds. The number of thioether (sulfide) groups is 1. The minimum absolute atomic E-state index is 0.00976. The summed E-state index contributed by atoms with van der Waals surface area (Å²) in [6.45, 7) is 0.0878. The lowest BCUT2D eigenvalue weighted by molar-refractivity contribution is -0.122. The van der Waals surface area contributed by atoms with Crippen molar-refractivity contribution in [2.75, 3.05) is 13.1 Å². The molecule has 2 aromatic rings. The lowest BCUT2D eigenvalue weighted by atomic mass is 10.2. The summed E-state index contributed by atoms with van der Waals surface area (Å²) in [6, 6.07) is 12.7. The highest BCUT2D eigenvalue weighted by atomic mass is 35.5. The first kappa shape index (κ1) is 19.1. The van der Waals surface area contributed by atoms with Gasteiger partial charge in [-0.15, -0.1) is 0 Å². The molecule has 1 aliphatic rings. The van der Waals surface area contributed by atoms with Crippen LogP contribution in [0.1, 0.15) is 15.9 Å². The van der Waals surface area contributed by atoms with Crippen LogP contribution in [0.25, 0.3) is 6.08 Å². The number of hydrogen-bond donors (Lipinski definition) is 1. The van der Waals surface area contributed by atoms with Gasteiger partial charge in [-0.05, 0) is 41.6 Å². The molecule has 0 atom stereocenters. The Labute approximate surface area is 164 Å². The fourth-order valence-corrected chi connectivity index (χ4v) is 3.56. The minimum atomic E-state index is -0.542. The lowest BCUT2D eigenvalue weighted by Crippen LogP contribution is -2.37. The van der Waals surface area contributed by atoms with E-state index in [1.807, 2.05) is 30.3 Å². The monoisotopic (exact) mass is 404 g/mol. The molecule has 1 heterocycles. The van der Waals surface area contributed by atoms with E-state index in [0.29, 0.717) is 4.91 Å². The van der Waals surface area contributed by atoms with Crippen LogP contribution in [0.5, 0.6) is 0 Å². The number of imide groups is 1. The molecule has 138 valence electrons. The minimum Gasteiger partial charge on any atom is -0.350 e. The van der Waals surface area contributed by atoms with Gasteiger partial charge >= 0.3 is 0 Å². The van der Waals surface area contributed by atoms with Gasteiger partial charge in [0.05, 0.1) is 15.5 Å². The quantitative estimate of drug-likeness (QED) is 0.766. The van der Waals surface area contributed by atoms with Crippen LogP contribution < -0.4 is 5.32 Å². The Balaban J connectivity index is 1.59. The molecule has 8 heteroatoms. The Bertz CT molecular complexity index is 934. The topological polar surface area (TPSA) is 66.5 Å². The molecule has 0 bridgehead atoms. The van der Waals surface area contributed by atoms with Gasteiger partial charge in [-0.3, -0.25) is 19.3 Å². The predicted molar refractivity (Wildman–Crippen MR) is 103 cm³/mol. The van der Waals surface area contributed by atoms with Gasteiger partial charge in [0.15, 0.2) is 0 Å². The summed E-state index contributed by atoms with van der Waals surface area (Å²) in [5.74, 6) is -1.45. The van der Waals surface area contributed by atoms with E-state index in [1.165, 1.54) is 6.07 Å². The average Bonchev–Trinajstić information content (AvgIpc) is 2.89. The fraction of sp³-hybridized carbons (Fsp3) is 0.105. The van der Waals surface area contributed by atoms with Crippen molar-refractivity contribution in [3.8, 4) is 0 Å². The molecular weight excluding hydrogens is 391 g/mol. The fourth-order valence-electron chi connectivity index (χ4n) is 2.44. The van der Waals surface area contributed by atoms with Gasteiger partial charge in [0, 0.05) is 13.1 Å². The van der Waals surface area contributed by atoms with E-state index in [0.717, 1.165) is 34.4 Å². The number of nitrogens with one attached hydrogen (secondary N) is 1. The molecule has 0 aliphatic carbocycles. The zero-order valence-corrected chi connectivity index (χ0v) is 15.5. The maximum absolute atomic E-state index is 13.0. The molecule has 0 spiro atoms. The van der Waals surface area contributed by atoms with Crippen LogP contribution in [-0.2, 0) is 4.79 Å². The second-order valence-corrected chi connectivity index (χ2v) is 7.02. The number of benzene rings is 2. The number of nitrogens with zero attached hydrogens (tertiary/aromatic N) is 1. The molecule has 0 saturated carbocycles. The molecule has 5 nitrogen and oxygen atoms in total. The van der Waals surface area contributed by atoms with Crippen LogP contribution in [0.2, 0.25) is 5.02 Å². The lowest BCUT2D eigenvalue weighted by Gasteiger charge is -2.13. The van der Waals surface area contributed by atoms with Crippen LogP contribution in [0.4, 0.5) is 9.18 Å². The van der Waals surface area contributed by atoms with Gasteiger partial charge in [-0.2, -0.15) is 0 Å². The Morgan fingerprint density at radius 1 is 1.19 bits per heavy atom. The van der Waals surface area contributed by atoms with Crippen LogP contribution in [0, 0.1) is 5.82 Å². The molecule has 1 fully saturated rings. The number of carbonyl (C=O) groups is 3. The average molecular weight is 405 g/mol. The SMILES string of the molecule is O=C(NCCN1C(=O)S/C(=C\c2ccccc2)C1=O)c1ccc(F)cc1Cl. The van der Waals surface area contributed by atoms with E-state index < -0.39 is 22.9 Å². The maximum atomic E-state index is 13.0. The third-order valence-corrected chi connectivity index (χ3v) is 4.99. The van der Waals surface area contributed by atoms with E-state index >= 15 is 0 Å². The van der Waals surface area contributed by atoms with Crippen molar-refractivity contribution in [3.63, 3.8) is 0 Å². The van der Waals surface area contributed by atoms with E-state index in [9.17, 15) is 18.8 Å². The molecule has 1 saturated heterocycles. The third kappa shape index (κ3) is 4.56. The first-order valence-electron chi connectivity index (χ1n) is 7.99. The number of rotatable bonds is 5. The maximum Gasteiger partial charge on any atom is 0.293 e. The molecule has 0 aromatic heterocycles. The molecule has 1 N–H and O–H groups in total. The second kappa shape index (κ2) is 8.37. The second-order valence-electron chi connectivity index (χ2n) is 5.62. The Kier molecular flexibility index (Phi) is 5.93. The Morgan fingerprint density at radius 2 is 1.93 bits per heavy atom. The van der Waals surface area contributed by atoms with Gasteiger partial charge in [0.25, 0.3) is 17.1 Å². The van der Waals surface area contributed by atoms with Crippen molar-refractivity contribution in [1.29, 1.82) is 0 Å². The molecule has 0 radical (unpaired) electrons. The van der Waals surface area contributed by atoms with Gasteiger partial charge in [0.1, 0.15) is 5.82 Å². The van der Waals surface area contributed by atoms with Gasteiger partial charge in [0.2, 0.25) is 0 Å². The summed E-state index contributed by atoms with van der Waals surface area (Å²) in [4.78, 5) is 38.0. The van der Waals surface area contributed by atoms with E-state index in [-0.39, 0.29) is 23.7 Å². The van der Waals surface area contributed by atoms with Crippen molar-refractivity contribution in [2.45, 2.75) is 0 Å². The van der Waals surface area contributed by atoms with E-state index in [2.05, 4.69) is 5.32 Å². The highest BCUT2D eigenvalue weighted by Crippen LogP contribution is 2.31. The molecule has 27 heavy (non-hydrogen) atoms. The summed E-state index contributed by atoms with van der Waals surface area (Å²) in [5.41, 5.74) is 0.943. The number of halogens is 2. The number of hydrogen-bond acceptors (Lipinski definition) is 4. The molecular formula is C19H14ClFN2O3S. The largest absolute Gasteiger partial charge is 0.350 e. The first-order valence-corrected chi connectivity index (χ1v) is 9.19. The predicted octanol–water partition coefficient (Wildman–Crippen LogP) is 3.95. The number of amides is 3. The third-order valence-electron chi connectivity index (χ3n) is 3.77. The smallest absolute Gasteiger partial charge is 0.293 e. The summed E-state index contributed by atoms with van der Waals surface area (Å²) < 4.78 is 13.0. The van der Waals surface area contributed by atoms with Crippen LogP contribution in [0.3, 0.4) is 0 Å². The molecule has 1 aliphatic heterocycles. The summed E-state index contributed by atoms with van der Waals surface area (Å²) in [7, 11) is 0. The highest BCUT2D eigenvalue weighted by molar-refractivity contribution is 8.18. The molecule has 0 unspecified atom stereocenters. The van der Waals surface area contributed by atoms with E-state index in [1.54, 1.807) is 6.08 Å². The van der Waals surface area contributed by atoms with Crippen LogP contribution >= 0.6 is 23.4 Å². The van der Waals surface area contributed by atoms with Crippen molar-refractivity contribution in [1.82, 2.24) is 10.2 Å². The molecule has 3 rings (SSSR count). The van der Waals surface area contributed by atoms with E-state index in [4.69, 9.17) is 11.6 Å². The van der Waals surface area contributed by atoms with Crippen LogP contribution in [0.15, 0.2) is 53.4 Å². The van der Waals surface area contributed by atoms with Gasteiger partial charge < -0.3 is 5.32 Å². The zero-order chi connectivity index (χ0) is 19.4. The standard InChI is InChI=1S/C19H14ClFN2O3S/c20-15-11-13(21)6-7-14(15)17(24)22-8-9-23-18(25)16(27-19(23)26)10-12-4-2-1-3-5-12/h1-7,10-11H,8-9H2,(H,22,24)/b16-10-. The van der Waals surface area contributed by atoms with Crippen molar-refractivity contribution in [3.05, 3.63) is 75.4 Å². The summed E-state index contributed by atoms with van der Waals surface area (Å²) in [5, 5.41) is 2.17. The van der Waals surface area contributed by atoms with Crippen molar-refractivity contribution < 1.29 is 18.8 Å². The molecule has 2 aromatic carbocycles. The normalized spacial score (nSPS) is 15.5. The van der Waals surface area contributed by atoms with Crippen molar-refractivity contribution >= 4 is 46.5 Å². The van der Waals surface area contributed by atoms with Crippen LogP contribution in [-0.4, -0.2) is 35.0 Å². The van der Waals surface area contributed by atoms with Crippen molar-refractivity contribution in [2.24, 2.45) is 0 Å². The number of carbonyl (C=O) groups excluding carboxylic acids is 3. The van der Waals surface area contributed by atoms with Gasteiger partial charge in [-0.25, -0.2) is 4.39 Å². The summed E-state index contributed by atoms with van der Waals surface area (Å²) >= 11 is 6.70. The zero-order valence-electron chi connectivity index (χ0n) is 13.9. The summed E-state index contributed by atoms with van der Waals surface area (Å²) in [6.07, 6.45) is 1.65. The Morgan fingerprint density at radius 3 is 2.63 bits per heavy atom.